The fourth-order valence-corrected chi connectivity index (χ4v) is 3.67. The predicted molar refractivity (Wildman–Crippen MR) is 103 cm³/mol. The molecule has 2 aromatic rings. The number of carbonyl (C=O) groups excluding carboxylic acids is 1. The lowest BCUT2D eigenvalue weighted by Gasteiger charge is -2.38. The van der Waals surface area contributed by atoms with Gasteiger partial charge in [-0.05, 0) is 5.56 Å². The van der Waals surface area contributed by atoms with Gasteiger partial charge in [-0.2, -0.15) is 0 Å². The van der Waals surface area contributed by atoms with E-state index < -0.39 is 65.8 Å². The summed E-state index contributed by atoms with van der Waals surface area (Å²) < 4.78 is 16.1. The van der Waals surface area contributed by atoms with Crippen LogP contribution in [0.25, 0.3) is 0 Å². The van der Waals surface area contributed by atoms with E-state index in [2.05, 4.69) is 0 Å². The molecule has 4 rings (SSSR count). The van der Waals surface area contributed by atoms with Crippen molar-refractivity contribution in [1.82, 2.24) is 0 Å². The normalized spacial score (nSPS) is 29.7. The Bertz CT molecular complexity index is 1040. The van der Waals surface area contributed by atoms with Gasteiger partial charge in [-0.1, -0.05) is 30.3 Å². The fraction of sp³-hybridized carbons (Fsp3) is 0.333. The number of ether oxygens (including phenoxy) is 3. The monoisotopic (exact) mass is 448 g/mol. The van der Waals surface area contributed by atoms with Crippen molar-refractivity contribution in [2.24, 2.45) is 0 Å². The minimum absolute atomic E-state index is 0.0843. The van der Waals surface area contributed by atoms with Gasteiger partial charge in [-0.3, -0.25) is 4.79 Å². The van der Waals surface area contributed by atoms with Gasteiger partial charge < -0.3 is 44.8 Å². The number of aliphatic hydroxyl groups is 3. The van der Waals surface area contributed by atoms with Gasteiger partial charge in [0.05, 0.1) is 6.42 Å². The molecular weight excluding hydrogens is 428 g/mol. The van der Waals surface area contributed by atoms with E-state index in [-0.39, 0.29) is 17.7 Å². The van der Waals surface area contributed by atoms with Gasteiger partial charge >= 0.3 is 5.97 Å². The first-order chi connectivity index (χ1) is 15.2. The molecule has 0 spiro atoms. The third-order valence-electron chi connectivity index (χ3n) is 5.34. The van der Waals surface area contributed by atoms with Crippen LogP contribution in [-0.4, -0.2) is 73.1 Å². The number of carboxylic acid groups (broad SMARTS) is 1. The fourth-order valence-electron chi connectivity index (χ4n) is 3.67. The van der Waals surface area contributed by atoms with Crippen molar-refractivity contribution in [2.45, 2.75) is 43.2 Å². The smallest absolute Gasteiger partial charge is 0.335 e. The van der Waals surface area contributed by atoms with E-state index in [1.807, 2.05) is 0 Å². The molecule has 2 aliphatic rings. The Morgan fingerprint density at radius 1 is 1.03 bits per heavy atom. The number of phenolic OH excluding ortho intramolecular Hbond substituents is 2. The van der Waals surface area contributed by atoms with Crippen molar-refractivity contribution in [2.75, 3.05) is 0 Å². The summed E-state index contributed by atoms with van der Waals surface area (Å²) in [6.45, 7) is 0. The summed E-state index contributed by atoms with van der Waals surface area (Å²) in [7, 11) is 0. The number of aliphatic hydroxyl groups excluding tert-OH is 3. The molecule has 6 N–H and O–H groups in total. The van der Waals surface area contributed by atoms with Gasteiger partial charge in [-0.25, -0.2) is 4.79 Å². The molecule has 1 saturated heterocycles. The summed E-state index contributed by atoms with van der Waals surface area (Å²) in [4.78, 5) is 23.9. The van der Waals surface area contributed by atoms with E-state index in [9.17, 15) is 35.1 Å². The van der Waals surface area contributed by atoms with Gasteiger partial charge in [-0.15, -0.1) is 0 Å². The number of hydrogen-bond donors (Lipinski definition) is 6. The van der Waals surface area contributed by atoms with Gasteiger partial charge in [0.15, 0.2) is 23.4 Å². The van der Waals surface area contributed by atoms with Crippen LogP contribution < -0.4 is 9.47 Å². The van der Waals surface area contributed by atoms with Crippen molar-refractivity contribution in [1.29, 1.82) is 0 Å². The molecule has 0 unspecified atom stereocenters. The third-order valence-corrected chi connectivity index (χ3v) is 5.34. The molecule has 2 heterocycles. The van der Waals surface area contributed by atoms with Crippen LogP contribution in [-0.2, 0) is 9.53 Å². The van der Waals surface area contributed by atoms with E-state index in [4.69, 9.17) is 19.3 Å². The largest absolute Gasteiger partial charge is 0.507 e. The molecule has 0 aliphatic carbocycles. The van der Waals surface area contributed by atoms with Crippen molar-refractivity contribution in [3.05, 3.63) is 47.5 Å². The molecule has 32 heavy (non-hydrogen) atoms. The summed E-state index contributed by atoms with van der Waals surface area (Å²) in [5, 5.41) is 60.0. The standard InChI is InChI=1S/C21H20O11/c22-9-6-11(8-4-2-1-3-5-8)30-18-13(9)10(23)7-12(14(18)24)31-21-17(27)15(25)16(26)19(32-21)20(28)29/h1-5,7,11,15-17,19,21,23-27H,6H2,(H,28,29)/t11-,15-,16-,17+,19-,21+/m0/s1. The maximum atomic E-state index is 12.6. The zero-order valence-corrected chi connectivity index (χ0v) is 16.4. The number of ketones is 1. The molecule has 2 aromatic carbocycles. The van der Waals surface area contributed by atoms with Crippen LogP contribution in [0.2, 0.25) is 0 Å². The minimum Gasteiger partial charge on any atom is -0.507 e. The SMILES string of the molecule is O=C1C[C@@H](c2ccccc2)Oc2c(O)c(O[C@@H]3O[C@H](C(=O)O)[C@@H](O)[C@H](O)[C@H]3O)cc(O)c21. The summed E-state index contributed by atoms with van der Waals surface area (Å²) in [5.74, 6) is -4.24. The molecule has 6 atom stereocenters. The van der Waals surface area contributed by atoms with Crippen molar-refractivity contribution in [3.63, 3.8) is 0 Å². The highest BCUT2D eigenvalue weighted by atomic mass is 16.7. The van der Waals surface area contributed by atoms with Crippen LogP contribution in [0, 0.1) is 0 Å². The van der Waals surface area contributed by atoms with Gasteiger partial charge in [0.25, 0.3) is 0 Å². The number of benzene rings is 2. The Morgan fingerprint density at radius 3 is 2.38 bits per heavy atom. The summed E-state index contributed by atoms with van der Waals surface area (Å²) in [6, 6.07) is 9.60. The number of phenols is 2. The van der Waals surface area contributed by atoms with Gasteiger partial charge in [0.2, 0.25) is 12.0 Å². The number of aromatic hydroxyl groups is 2. The Hall–Kier alpha value is -3.38. The average Bonchev–Trinajstić information content (AvgIpc) is 2.77. The number of rotatable bonds is 4. The maximum Gasteiger partial charge on any atom is 0.335 e. The molecular formula is C21H20O11. The van der Waals surface area contributed by atoms with E-state index in [0.717, 1.165) is 6.07 Å². The number of Topliss-reactive ketones (excluding diaryl/α,β-unsaturated/α-hetero) is 1. The Balaban J connectivity index is 1.66. The molecule has 2 aliphatic heterocycles. The molecule has 11 heteroatoms. The molecule has 1 fully saturated rings. The van der Waals surface area contributed by atoms with Crippen LogP contribution in [0.5, 0.6) is 23.0 Å². The molecule has 0 bridgehead atoms. The van der Waals surface area contributed by atoms with Gasteiger partial charge in [0.1, 0.15) is 35.7 Å². The van der Waals surface area contributed by atoms with Gasteiger partial charge in [0, 0.05) is 6.07 Å². The minimum atomic E-state index is -1.93. The number of fused-ring (bicyclic) bond motifs is 1. The second-order valence-electron chi connectivity index (χ2n) is 7.44. The lowest BCUT2D eigenvalue weighted by atomic mass is 9.95. The van der Waals surface area contributed by atoms with E-state index in [1.165, 1.54) is 0 Å². The first kappa shape index (κ1) is 21.8. The molecule has 0 amide bonds. The summed E-state index contributed by atoms with van der Waals surface area (Å²) in [5.41, 5.74) is 0.398. The lowest BCUT2D eigenvalue weighted by Crippen LogP contribution is -2.61. The highest BCUT2D eigenvalue weighted by Gasteiger charge is 2.48. The Morgan fingerprint density at radius 2 is 1.72 bits per heavy atom. The van der Waals surface area contributed by atoms with Crippen LogP contribution in [0.4, 0.5) is 0 Å². The third kappa shape index (κ3) is 3.71. The molecule has 170 valence electrons. The summed E-state index contributed by atoms with van der Waals surface area (Å²) in [6.07, 6.45) is -10.3. The van der Waals surface area contributed by atoms with Crippen LogP contribution in [0.1, 0.15) is 28.4 Å². The Labute approximate surface area is 180 Å². The molecule has 11 nitrogen and oxygen atoms in total. The van der Waals surface area contributed by atoms with E-state index >= 15 is 0 Å². The van der Waals surface area contributed by atoms with Crippen LogP contribution in [0.3, 0.4) is 0 Å². The second kappa shape index (κ2) is 8.28. The number of carboxylic acids is 1. The Kier molecular flexibility index (Phi) is 5.65. The van der Waals surface area contributed by atoms with E-state index in [1.54, 1.807) is 30.3 Å². The second-order valence-corrected chi connectivity index (χ2v) is 7.44. The highest BCUT2D eigenvalue weighted by molar-refractivity contribution is 6.03. The number of aliphatic carboxylic acids is 1. The quantitative estimate of drug-likeness (QED) is 0.348. The number of carbonyl (C=O) groups is 2. The highest BCUT2D eigenvalue weighted by Crippen LogP contribution is 2.50. The van der Waals surface area contributed by atoms with E-state index in [0.29, 0.717) is 5.56 Å². The van der Waals surface area contributed by atoms with Crippen LogP contribution >= 0.6 is 0 Å². The topological polar surface area (TPSA) is 183 Å². The number of hydrogen-bond acceptors (Lipinski definition) is 10. The maximum absolute atomic E-state index is 12.6. The zero-order chi connectivity index (χ0) is 23.2. The lowest BCUT2D eigenvalue weighted by molar-refractivity contribution is -0.271. The van der Waals surface area contributed by atoms with Crippen molar-refractivity contribution >= 4 is 11.8 Å². The zero-order valence-electron chi connectivity index (χ0n) is 16.4. The molecule has 0 aromatic heterocycles. The van der Waals surface area contributed by atoms with Crippen LogP contribution in [0.15, 0.2) is 36.4 Å². The molecule has 0 saturated carbocycles. The molecule has 0 radical (unpaired) electrons. The summed E-state index contributed by atoms with van der Waals surface area (Å²) >= 11 is 0. The predicted octanol–water partition coefficient (Wildman–Crippen LogP) is 0.0753. The van der Waals surface area contributed by atoms with Crippen molar-refractivity contribution < 1.29 is 54.4 Å². The first-order valence-corrected chi connectivity index (χ1v) is 9.62. The first-order valence-electron chi connectivity index (χ1n) is 9.62. The van der Waals surface area contributed by atoms with Crippen molar-refractivity contribution in [3.8, 4) is 23.0 Å². The average molecular weight is 448 g/mol.